The molecule has 0 N–H and O–H groups in total. The fraction of sp³-hybridized carbons (Fsp3) is 1.00. The van der Waals surface area contributed by atoms with Crippen molar-refractivity contribution >= 4 is 0 Å². The molecular weight excluding hydrogens is 158 g/mol. The lowest BCUT2D eigenvalue weighted by Crippen LogP contribution is -2.28. The van der Waals surface area contributed by atoms with Crippen molar-refractivity contribution < 1.29 is 0 Å². The summed E-state index contributed by atoms with van der Waals surface area (Å²) >= 11 is 0. The molecule has 1 saturated carbocycles. The lowest BCUT2D eigenvalue weighted by Gasteiger charge is -2.26. The van der Waals surface area contributed by atoms with Crippen LogP contribution in [0.15, 0.2) is 0 Å². The van der Waals surface area contributed by atoms with Gasteiger partial charge in [0.1, 0.15) is 0 Å². The summed E-state index contributed by atoms with van der Waals surface area (Å²) in [5.74, 6) is 1.04. The van der Waals surface area contributed by atoms with Gasteiger partial charge in [-0.05, 0) is 39.8 Å². The van der Waals surface area contributed by atoms with Crippen LogP contribution in [0.5, 0.6) is 0 Å². The van der Waals surface area contributed by atoms with Gasteiger partial charge in [-0.2, -0.15) is 0 Å². The summed E-state index contributed by atoms with van der Waals surface area (Å²) in [4.78, 5) is 2.47. The molecular formula is C12H25N. The average molecular weight is 183 g/mol. The molecule has 0 aromatic rings. The van der Waals surface area contributed by atoms with Crippen molar-refractivity contribution in [1.29, 1.82) is 0 Å². The molecule has 0 aromatic heterocycles. The van der Waals surface area contributed by atoms with E-state index in [1.807, 2.05) is 0 Å². The minimum Gasteiger partial charge on any atom is -0.304 e. The second kappa shape index (κ2) is 5.64. The molecule has 1 nitrogen and oxygen atoms in total. The smallest absolute Gasteiger partial charge is 0.00355 e. The third-order valence-corrected chi connectivity index (χ3v) is 3.50. The quantitative estimate of drug-likeness (QED) is 0.646. The Morgan fingerprint density at radius 1 is 1.15 bits per heavy atom. The lowest BCUT2D eigenvalue weighted by molar-refractivity contribution is 0.231. The van der Waals surface area contributed by atoms with Crippen LogP contribution in [0.2, 0.25) is 0 Å². The predicted octanol–water partition coefficient (Wildman–Crippen LogP) is 3.30. The number of rotatable bonds is 4. The molecule has 0 heterocycles. The van der Waals surface area contributed by atoms with Crippen LogP contribution in [-0.4, -0.2) is 24.5 Å². The van der Waals surface area contributed by atoms with Crippen molar-refractivity contribution in [1.82, 2.24) is 4.90 Å². The van der Waals surface area contributed by atoms with E-state index in [0.717, 1.165) is 5.92 Å². The van der Waals surface area contributed by atoms with Gasteiger partial charge in [-0.15, -0.1) is 0 Å². The van der Waals surface area contributed by atoms with Crippen molar-refractivity contribution in [2.24, 2.45) is 5.92 Å². The summed E-state index contributed by atoms with van der Waals surface area (Å²) in [6, 6.07) is 0.712. The molecule has 13 heavy (non-hydrogen) atoms. The average Bonchev–Trinajstić information content (AvgIpc) is 2.15. The van der Waals surface area contributed by atoms with Crippen LogP contribution >= 0.6 is 0 Å². The third-order valence-electron chi connectivity index (χ3n) is 3.50. The van der Waals surface area contributed by atoms with E-state index in [0.29, 0.717) is 6.04 Å². The Balaban J connectivity index is 2.10. The van der Waals surface area contributed by atoms with Crippen LogP contribution in [0.3, 0.4) is 0 Å². The summed E-state index contributed by atoms with van der Waals surface area (Å²) in [7, 11) is 2.24. The Bertz CT molecular complexity index is 125. The standard InChI is InChI=1S/C12H25N/c1-11(2)13(3)10-9-12-7-5-4-6-8-12/h11-12H,4-10H2,1-3H3. The van der Waals surface area contributed by atoms with Gasteiger partial charge in [-0.25, -0.2) is 0 Å². The van der Waals surface area contributed by atoms with Gasteiger partial charge in [0.15, 0.2) is 0 Å². The molecule has 0 bridgehead atoms. The molecule has 0 amide bonds. The van der Waals surface area contributed by atoms with E-state index >= 15 is 0 Å². The summed E-state index contributed by atoms with van der Waals surface area (Å²) in [6.07, 6.45) is 8.86. The van der Waals surface area contributed by atoms with Crippen LogP contribution in [0.4, 0.5) is 0 Å². The molecule has 0 spiro atoms. The SMILES string of the molecule is CC(C)N(C)CCC1CCCCC1. The maximum absolute atomic E-state index is 2.47. The Labute approximate surface area is 83.5 Å². The molecule has 1 rings (SSSR count). The van der Waals surface area contributed by atoms with Crippen LogP contribution in [0.1, 0.15) is 52.4 Å². The van der Waals surface area contributed by atoms with Gasteiger partial charge in [0, 0.05) is 6.04 Å². The lowest BCUT2D eigenvalue weighted by atomic mass is 9.87. The first-order chi connectivity index (χ1) is 6.20. The van der Waals surface area contributed by atoms with E-state index in [1.54, 1.807) is 0 Å². The van der Waals surface area contributed by atoms with Gasteiger partial charge in [-0.1, -0.05) is 32.1 Å². The van der Waals surface area contributed by atoms with E-state index in [-0.39, 0.29) is 0 Å². The highest BCUT2D eigenvalue weighted by Gasteiger charge is 2.14. The summed E-state index contributed by atoms with van der Waals surface area (Å²) in [5.41, 5.74) is 0. The zero-order chi connectivity index (χ0) is 9.68. The molecule has 0 saturated heterocycles. The fourth-order valence-electron chi connectivity index (χ4n) is 2.12. The van der Waals surface area contributed by atoms with E-state index in [9.17, 15) is 0 Å². The van der Waals surface area contributed by atoms with Gasteiger partial charge in [0.05, 0.1) is 0 Å². The van der Waals surface area contributed by atoms with Gasteiger partial charge >= 0.3 is 0 Å². The van der Waals surface area contributed by atoms with Crippen molar-refractivity contribution in [3.05, 3.63) is 0 Å². The highest BCUT2D eigenvalue weighted by Crippen LogP contribution is 2.26. The fourth-order valence-corrected chi connectivity index (χ4v) is 2.12. The Kier molecular flexibility index (Phi) is 4.79. The van der Waals surface area contributed by atoms with Crippen LogP contribution in [-0.2, 0) is 0 Å². The van der Waals surface area contributed by atoms with E-state index in [4.69, 9.17) is 0 Å². The molecule has 1 aliphatic carbocycles. The van der Waals surface area contributed by atoms with Gasteiger partial charge < -0.3 is 4.90 Å². The maximum atomic E-state index is 2.47. The number of hydrogen-bond acceptors (Lipinski definition) is 1. The minimum absolute atomic E-state index is 0.712. The predicted molar refractivity (Wildman–Crippen MR) is 59.0 cm³/mol. The second-order valence-corrected chi connectivity index (χ2v) is 4.87. The Morgan fingerprint density at radius 3 is 2.31 bits per heavy atom. The molecule has 1 fully saturated rings. The first-order valence-electron chi connectivity index (χ1n) is 5.90. The highest BCUT2D eigenvalue weighted by molar-refractivity contribution is 4.68. The Hall–Kier alpha value is -0.0400. The molecule has 78 valence electrons. The van der Waals surface area contributed by atoms with Crippen LogP contribution in [0.25, 0.3) is 0 Å². The number of hydrogen-bond donors (Lipinski definition) is 0. The first-order valence-corrected chi connectivity index (χ1v) is 5.90. The third kappa shape index (κ3) is 4.12. The zero-order valence-corrected chi connectivity index (χ0v) is 9.55. The van der Waals surface area contributed by atoms with Gasteiger partial charge in [-0.3, -0.25) is 0 Å². The highest BCUT2D eigenvalue weighted by atomic mass is 15.1. The van der Waals surface area contributed by atoms with Crippen molar-refractivity contribution in [2.75, 3.05) is 13.6 Å². The number of nitrogens with zero attached hydrogens (tertiary/aromatic N) is 1. The molecule has 0 unspecified atom stereocenters. The summed E-state index contributed by atoms with van der Waals surface area (Å²) in [5, 5.41) is 0. The minimum atomic E-state index is 0.712. The Morgan fingerprint density at radius 2 is 1.77 bits per heavy atom. The van der Waals surface area contributed by atoms with Gasteiger partial charge in [0.25, 0.3) is 0 Å². The molecule has 0 aliphatic heterocycles. The molecule has 0 aromatic carbocycles. The first kappa shape index (κ1) is 11.0. The van der Waals surface area contributed by atoms with E-state index in [1.165, 1.54) is 45.1 Å². The zero-order valence-electron chi connectivity index (χ0n) is 9.55. The van der Waals surface area contributed by atoms with Gasteiger partial charge in [0.2, 0.25) is 0 Å². The molecule has 0 atom stereocenters. The van der Waals surface area contributed by atoms with E-state index in [2.05, 4.69) is 25.8 Å². The van der Waals surface area contributed by atoms with Crippen molar-refractivity contribution in [3.63, 3.8) is 0 Å². The van der Waals surface area contributed by atoms with E-state index < -0.39 is 0 Å². The van der Waals surface area contributed by atoms with Crippen molar-refractivity contribution in [2.45, 2.75) is 58.4 Å². The van der Waals surface area contributed by atoms with Crippen LogP contribution < -0.4 is 0 Å². The van der Waals surface area contributed by atoms with Crippen molar-refractivity contribution in [3.8, 4) is 0 Å². The normalized spacial score (nSPS) is 20.1. The topological polar surface area (TPSA) is 3.24 Å². The molecule has 1 heteroatoms. The molecule has 0 radical (unpaired) electrons. The van der Waals surface area contributed by atoms with Crippen LogP contribution in [0, 0.1) is 5.92 Å². The summed E-state index contributed by atoms with van der Waals surface area (Å²) in [6.45, 7) is 5.85. The molecule has 1 aliphatic rings. The monoisotopic (exact) mass is 183 g/mol. The summed E-state index contributed by atoms with van der Waals surface area (Å²) < 4.78 is 0. The largest absolute Gasteiger partial charge is 0.304 e. The maximum Gasteiger partial charge on any atom is 0.00355 e. The second-order valence-electron chi connectivity index (χ2n) is 4.87.